The highest BCUT2D eigenvalue weighted by molar-refractivity contribution is 6.32. The van der Waals surface area contributed by atoms with Gasteiger partial charge in [-0.15, -0.1) is 0 Å². The van der Waals surface area contributed by atoms with E-state index in [2.05, 4.69) is 29.3 Å². The van der Waals surface area contributed by atoms with E-state index in [1.807, 2.05) is 18.2 Å². The number of carbonyl (C=O) groups excluding carboxylic acids is 1. The van der Waals surface area contributed by atoms with E-state index in [0.29, 0.717) is 24.1 Å². The lowest BCUT2D eigenvalue weighted by molar-refractivity contribution is -0.116. The molecule has 1 fully saturated rings. The Morgan fingerprint density at radius 1 is 1.18 bits per heavy atom. The summed E-state index contributed by atoms with van der Waals surface area (Å²) in [4.78, 5) is 18.8. The van der Waals surface area contributed by atoms with Crippen LogP contribution in [-0.2, 0) is 11.2 Å². The van der Waals surface area contributed by atoms with Crippen LogP contribution in [0.5, 0.6) is 5.75 Å². The monoisotopic (exact) mass is 469 g/mol. The molecule has 2 aromatic carbocycles. The highest BCUT2D eigenvalue weighted by Crippen LogP contribution is 2.36. The van der Waals surface area contributed by atoms with E-state index in [4.69, 9.17) is 11.6 Å². The minimum Gasteiger partial charge on any atom is -0.504 e. The fraction of sp³-hybridized carbons (Fsp3) is 0.385. The summed E-state index contributed by atoms with van der Waals surface area (Å²) in [6.45, 7) is 1.58. The molecule has 174 valence electrons. The van der Waals surface area contributed by atoms with Gasteiger partial charge in [-0.25, -0.2) is 4.39 Å². The fourth-order valence-electron chi connectivity index (χ4n) is 4.66. The van der Waals surface area contributed by atoms with Gasteiger partial charge in [-0.05, 0) is 82.1 Å². The van der Waals surface area contributed by atoms with Gasteiger partial charge in [0.15, 0.2) is 11.6 Å². The van der Waals surface area contributed by atoms with Crippen molar-refractivity contribution in [1.29, 1.82) is 0 Å². The molecular weight excluding hydrogens is 441 g/mol. The van der Waals surface area contributed by atoms with E-state index in [1.165, 1.54) is 6.07 Å². The summed E-state index contributed by atoms with van der Waals surface area (Å²) in [6.07, 6.45) is 6.39. The van der Waals surface area contributed by atoms with Crippen LogP contribution in [0.1, 0.15) is 38.2 Å². The van der Waals surface area contributed by atoms with E-state index in [-0.39, 0.29) is 10.8 Å². The number of hydrogen-bond acceptors (Lipinski definition) is 5. The molecule has 1 aliphatic carbocycles. The molecule has 3 aromatic rings. The van der Waals surface area contributed by atoms with E-state index in [9.17, 15) is 14.3 Å². The Morgan fingerprint density at radius 3 is 2.55 bits per heavy atom. The van der Waals surface area contributed by atoms with Gasteiger partial charge >= 0.3 is 0 Å². The van der Waals surface area contributed by atoms with E-state index in [1.54, 1.807) is 19.2 Å². The molecule has 0 amide bonds. The van der Waals surface area contributed by atoms with Crippen molar-refractivity contribution in [2.24, 2.45) is 0 Å². The number of rotatable bonds is 6. The number of aromatic nitrogens is 1. The normalized spacial score (nSPS) is 18.6. The van der Waals surface area contributed by atoms with Crippen LogP contribution in [0.25, 0.3) is 22.0 Å². The van der Waals surface area contributed by atoms with Gasteiger partial charge in [0.1, 0.15) is 5.78 Å². The topological polar surface area (TPSA) is 65.5 Å². The number of fused-ring (bicyclic) bond motifs is 1. The number of carbonyl (C=O) groups is 1. The summed E-state index contributed by atoms with van der Waals surface area (Å²) < 4.78 is 14.1. The fourth-order valence-corrected chi connectivity index (χ4v) is 4.87. The maximum Gasteiger partial charge on any atom is 0.170 e. The Bertz CT molecular complexity index is 1170. The van der Waals surface area contributed by atoms with E-state index in [0.717, 1.165) is 53.4 Å². The number of benzene rings is 2. The first kappa shape index (κ1) is 23.5. The molecule has 1 heterocycles. The second kappa shape index (κ2) is 9.65. The molecule has 1 saturated carbocycles. The van der Waals surface area contributed by atoms with Crippen LogP contribution in [0, 0.1) is 5.82 Å². The Morgan fingerprint density at radius 2 is 1.91 bits per heavy atom. The zero-order valence-electron chi connectivity index (χ0n) is 19.2. The molecule has 0 aliphatic heterocycles. The number of aromatic hydroxyl groups is 1. The van der Waals surface area contributed by atoms with Crippen molar-refractivity contribution in [1.82, 2.24) is 9.88 Å². The molecule has 5 nitrogen and oxygen atoms in total. The van der Waals surface area contributed by atoms with Crippen LogP contribution < -0.4 is 5.32 Å². The molecule has 0 spiro atoms. The third-order valence-electron chi connectivity index (χ3n) is 6.51. The van der Waals surface area contributed by atoms with Crippen LogP contribution in [0.3, 0.4) is 0 Å². The maximum absolute atomic E-state index is 14.1. The smallest absolute Gasteiger partial charge is 0.170 e. The second-order valence-corrected chi connectivity index (χ2v) is 9.58. The maximum atomic E-state index is 14.1. The molecule has 0 atom stereocenters. The zero-order valence-corrected chi connectivity index (χ0v) is 19.9. The van der Waals surface area contributed by atoms with Crippen molar-refractivity contribution in [2.45, 2.75) is 51.1 Å². The lowest BCUT2D eigenvalue weighted by Gasteiger charge is -2.34. The first-order chi connectivity index (χ1) is 15.7. The van der Waals surface area contributed by atoms with Gasteiger partial charge in [0.25, 0.3) is 0 Å². The average Bonchev–Trinajstić information content (AvgIpc) is 2.78. The van der Waals surface area contributed by atoms with Crippen LogP contribution >= 0.6 is 11.6 Å². The van der Waals surface area contributed by atoms with E-state index >= 15 is 0 Å². The van der Waals surface area contributed by atoms with Crippen molar-refractivity contribution < 1.29 is 14.3 Å². The van der Waals surface area contributed by atoms with Gasteiger partial charge in [-0.3, -0.25) is 9.78 Å². The molecule has 1 aromatic heterocycles. The minimum atomic E-state index is -0.767. The Kier molecular flexibility index (Phi) is 6.86. The quantitative estimate of drug-likeness (QED) is 0.476. The number of pyridine rings is 1. The van der Waals surface area contributed by atoms with Gasteiger partial charge in [0, 0.05) is 41.3 Å². The van der Waals surface area contributed by atoms with Crippen LogP contribution in [0.15, 0.2) is 36.5 Å². The molecule has 2 N–H and O–H groups in total. The summed E-state index contributed by atoms with van der Waals surface area (Å²) >= 11 is 6.01. The Labute approximate surface area is 198 Å². The summed E-state index contributed by atoms with van der Waals surface area (Å²) in [5.74, 6) is -1.25. The predicted molar refractivity (Wildman–Crippen MR) is 132 cm³/mol. The first-order valence-corrected chi connectivity index (χ1v) is 11.6. The van der Waals surface area contributed by atoms with Crippen molar-refractivity contribution in [3.8, 4) is 16.9 Å². The molecule has 4 rings (SSSR count). The summed E-state index contributed by atoms with van der Waals surface area (Å²) in [5.41, 5.74) is 3.88. The number of phenols is 1. The van der Waals surface area contributed by atoms with Crippen molar-refractivity contribution in [3.05, 3.63) is 52.9 Å². The summed E-state index contributed by atoms with van der Waals surface area (Å²) in [5, 5.41) is 14.2. The molecule has 1 aliphatic rings. The third-order valence-corrected chi connectivity index (χ3v) is 6.80. The molecular formula is C26H29ClFN3O2. The minimum absolute atomic E-state index is 0.0375. The highest BCUT2D eigenvalue weighted by atomic mass is 35.5. The standard InChI is InChI=1S/C26H29ClFN3O2/c1-15(32)10-18-14-29-24-9-4-16(17-12-22(27)26(33)23(28)13-17)11-21(24)25(18)30-19-5-7-20(8-6-19)31(2)3/h4,9,11-14,19-20,33H,5-8,10H2,1-3H3,(H,29,30). The van der Waals surface area contributed by atoms with Crippen molar-refractivity contribution in [2.75, 3.05) is 19.4 Å². The van der Waals surface area contributed by atoms with Gasteiger partial charge in [-0.1, -0.05) is 17.7 Å². The van der Waals surface area contributed by atoms with Gasteiger partial charge in [0.2, 0.25) is 0 Å². The molecule has 7 heteroatoms. The number of phenolic OH excluding ortho intramolecular Hbond substituents is 1. The Hall–Kier alpha value is -2.70. The van der Waals surface area contributed by atoms with Crippen molar-refractivity contribution >= 4 is 34.0 Å². The molecule has 0 saturated heterocycles. The highest BCUT2D eigenvalue weighted by Gasteiger charge is 2.24. The predicted octanol–water partition coefficient (Wildman–Crippen LogP) is 5.82. The number of nitrogens with zero attached hydrogens (tertiary/aromatic N) is 2. The van der Waals surface area contributed by atoms with Gasteiger partial charge < -0.3 is 15.3 Å². The number of anilines is 1. The second-order valence-electron chi connectivity index (χ2n) is 9.17. The molecule has 0 unspecified atom stereocenters. The number of halogens is 2. The van der Waals surface area contributed by atoms with Gasteiger partial charge in [0.05, 0.1) is 10.5 Å². The van der Waals surface area contributed by atoms with Crippen molar-refractivity contribution in [3.63, 3.8) is 0 Å². The third kappa shape index (κ3) is 5.12. The van der Waals surface area contributed by atoms with Crippen LogP contribution in [0.2, 0.25) is 5.02 Å². The number of ketones is 1. The lowest BCUT2D eigenvalue weighted by atomic mass is 9.90. The zero-order chi connectivity index (χ0) is 23.7. The Balaban J connectivity index is 1.75. The summed E-state index contributed by atoms with van der Waals surface area (Å²) in [7, 11) is 4.25. The number of hydrogen-bond donors (Lipinski definition) is 2. The lowest BCUT2D eigenvalue weighted by Crippen LogP contribution is -2.36. The van der Waals surface area contributed by atoms with Crippen LogP contribution in [-0.4, -0.2) is 47.0 Å². The average molecular weight is 470 g/mol. The molecule has 0 bridgehead atoms. The van der Waals surface area contributed by atoms with E-state index < -0.39 is 11.6 Å². The largest absolute Gasteiger partial charge is 0.504 e. The summed E-state index contributed by atoms with van der Waals surface area (Å²) in [6, 6.07) is 9.40. The number of nitrogens with one attached hydrogen (secondary N) is 1. The molecule has 0 radical (unpaired) electrons. The first-order valence-electron chi connectivity index (χ1n) is 11.3. The van der Waals surface area contributed by atoms with Crippen LogP contribution in [0.4, 0.5) is 10.1 Å². The SMILES string of the molecule is CC(=O)Cc1cnc2ccc(-c3cc(F)c(O)c(Cl)c3)cc2c1NC1CCC(N(C)C)CC1. The van der Waals surface area contributed by atoms with Gasteiger partial charge in [-0.2, -0.15) is 0 Å². The number of Topliss-reactive ketones (excluding diaryl/α,β-unsaturated/α-hetero) is 1. The molecule has 33 heavy (non-hydrogen) atoms.